The Morgan fingerprint density at radius 3 is 2.73 bits per heavy atom. The van der Waals surface area contributed by atoms with E-state index in [1.165, 1.54) is 35.6 Å². The van der Waals surface area contributed by atoms with Crippen LogP contribution in [0.4, 0.5) is 9.80 Å². The van der Waals surface area contributed by atoms with Crippen LogP contribution < -0.4 is 10.2 Å². The monoisotopic (exact) mass is 447 g/mol. The molecule has 10 heteroatoms. The Kier molecular flexibility index (Phi) is 6.53. The Balaban J connectivity index is 1.96. The van der Waals surface area contributed by atoms with Gasteiger partial charge in [0.15, 0.2) is 11.8 Å². The average Bonchev–Trinajstić information content (AvgIpc) is 3.17. The molecule has 3 rings (SSSR count). The fraction of sp³-hybridized carbons (Fsp3) is 0.200. The summed E-state index contributed by atoms with van der Waals surface area (Å²) in [5, 5.41) is 12.2. The number of carboxylic acid groups (broad SMARTS) is 1. The van der Waals surface area contributed by atoms with E-state index in [4.69, 9.17) is 16.7 Å². The summed E-state index contributed by atoms with van der Waals surface area (Å²) in [5.74, 6) is -2.17. The second-order valence-corrected chi connectivity index (χ2v) is 7.96. The highest BCUT2D eigenvalue weighted by molar-refractivity contribution is 7.19. The van der Waals surface area contributed by atoms with Gasteiger partial charge in [-0.2, -0.15) is 0 Å². The summed E-state index contributed by atoms with van der Waals surface area (Å²) in [4.78, 5) is 51.9. The third kappa shape index (κ3) is 4.69. The molecule has 0 saturated heterocycles. The summed E-state index contributed by atoms with van der Waals surface area (Å²) < 4.78 is 0. The van der Waals surface area contributed by atoms with E-state index in [2.05, 4.69) is 5.32 Å². The molecule has 3 amide bonds. The second-order valence-electron chi connectivity index (χ2n) is 6.46. The van der Waals surface area contributed by atoms with Gasteiger partial charge in [0.05, 0.1) is 6.42 Å². The zero-order valence-electron chi connectivity index (χ0n) is 15.9. The molecule has 0 radical (unpaired) electrons. The summed E-state index contributed by atoms with van der Waals surface area (Å²) in [6, 6.07) is 8.44. The number of carboxylic acids is 1. The van der Waals surface area contributed by atoms with Crippen molar-refractivity contribution >= 4 is 51.6 Å². The number of nitrogens with one attached hydrogen (secondary N) is 1. The highest BCUT2D eigenvalue weighted by atomic mass is 35.5. The predicted molar refractivity (Wildman–Crippen MR) is 114 cm³/mol. The number of carbonyl (C=O) groups excluding carboxylic acids is 3. The summed E-state index contributed by atoms with van der Waals surface area (Å²) in [6.45, 7) is -0.141. The maximum absolute atomic E-state index is 12.9. The Bertz CT molecular complexity index is 1030. The molecular weight excluding hydrogens is 430 g/mol. The molecule has 2 heterocycles. The van der Waals surface area contributed by atoms with E-state index in [1.54, 1.807) is 30.3 Å². The fourth-order valence-electron chi connectivity index (χ4n) is 2.86. The van der Waals surface area contributed by atoms with Crippen LogP contribution in [0, 0.1) is 0 Å². The first-order valence-electron chi connectivity index (χ1n) is 8.91. The number of anilines is 1. The molecule has 0 spiro atoms. The molecule has 1 aromatic heterocycles. The Morgan fingerprint density at radius 1 is 1.27 bits per heavy atom. The molecule has 1 aliphatic rings. The molecule has 1 aliphatic heterocycles. The topological polar surface area (TPSA) is 107 Å². The van der Waals surface area contributed by atoms with Crippen LogP contribution in [0.5, 0.6) is 0 Å². The lowest BCUT2D eigenvalue weighted by molar-refractivity contribution is -0.137. The SMILES string of the molecule is CN1C=CC(=O)C(N(C(=O)NCCC(=O)O)c2ccc(-c3cccc(Cl)c3)s2)C1=O. The Morgan fingerprint density at radius 2 is 2.03 bits per heavy atom. The summed E-state index contributed by atoms with van der Waals surface area (Å²) in [5.41, 5.74) is 0.822. The average molecular weight is 448 g/mol. The number of urea groups is 1. The third-order valence-electron chi connectivity index (χ3n) is 4.34. The Labute approximate surface area is 181 Å². The minimum absolute atomic E-state index is 0.141. The molecule has 1 atom stereocenters. The number of ketones is 1. The third-order valence-corrected chi connectivity index (χ3v) is 5.71. The van der Waals surface area contributed by atoms with Crippen LogP contribution in [0.1, 0.15) is 6.42 Å². The first-order valence-corrected chi connectivity index (χ1v) is 10.1. The summed E-state index contributed by atoms with van der Waals surface area (Å²) >= 11 is 7.27. The van der Waals surface area contributed by atoms with Gasteiger partial charge in [-0.05, 0) is 29.8 Å². The maximum atomic E-state index is 12.9. The molecule has 30 heavy (non-hydrogen) atoms. The highest BCUT2D eigenvalue weighted by Crippen LogP contribution is 2.36. The first kappa shape index (κ1) is 21.5. The van der Waals surface area contributed by atoms with Crippen molar-refractivity contribution < 1.29 is 24.3 Å². The molecule has 0 saturated carbocycles. The predicted octanol–water partition coefficient (Wildman–Crippen LogP) is 2.98. The van der Waals surface area contributed by atoms with Crippen molar-refractivity contribution in [3.05, 3.63) is 53.7 Å². The molecule has 1 unspecified atom stereocenters. The second kappa shape index (κ2) is 9.10. The number of hydrogen-bond acceptors (Lipinski definition) is 5. The van der Waals surface area contributed by atoms with Gasteiger partial charge in [-0.15, -0.1) is 11.3 Å². The van der Waals surface area contributed by atoms with Crippen LogP contribution in [0.2, 0.25) is 5.02 Å². The normalized spacial score (nSPS) is 15.9. The van der Waals surface area contributed by atoms with Crippen LogP contribution in [0.3, 0.4) is 0 Å². The van der Waals surface area contributed by atoms with E-state index in [0.29, 0.717) is 10.0 Å². The number of carbonyl (C=O) groups is 4. The molecule has 8 nitrogen and oxygen atoms in total. The number of thiophene rings is 1. The lowest BCUT2D eigenvalue weighted by Gasteiger charge is -2.32. The molecule has 1 aromatic carbocycles. The van der Waals surface area contributed by atoms with Crippen molar-refractivity contribution in [3.63, 3.8) is 0 Å². The highest BCUT2D eigenvalue weighted by Gasteiger charge is 2.40. The largest absolute Gasteiger partial charge is 0.481 e. The maximum Gasteiger partial charge on any atom is 0.323 e. The van der Waals surface area contributed by atoms with Crippen LogP contribution in [0.25, 0.3) is 10.4 Å². The van der Waals surface area contributed by atoms with Crippen molar-refractivity contribution in [2.24, 2.45) is 0 Å². The number of aliphatic carboxylic acids is 1. The standard InChI is InChI=1S/C20H18ClN3O5S/c1-23-10-8-14(25)18(19(23)28)24(20(29)22-9-7-17(26)27)16-6-5-15(30-16)12-3-2-4-13(21)11-12/h2-6,8,10-11,18H,7,9H2,1H3,(H,22,29)(H,26,27). The van der Waals surface area contributed by atoms with Crippen LogP contribution in [-0.4, -0.2) is 53.3 Å². The van der Waals surface area contributed by atoms with Crippen molar-refractivity contribution in [2.75, 3.05) is 18.5 Å². The quantitative estimate of drug-likeness (QED) is 0.662. The number of amides is 3. The van der Waals surface area contributed by atoms with Gasteiger partial charge >= 0.3 is 12.0 Å². The number of nitrogens with zero attached hydrogens (tertiary/aromatic N) is 2. The molecule has 2 N–H and O–H groups in total. The van der Waals surface area contributed by atoms with Gasteiger partial charge in [0.25, 0.3) is 5.91 Å². The van der Waals surface area contributed by atoms with Gasteiger partial charge in [0.1, 0.15) is 5.00 Å². The molecule has 0 bridgehead atoms. The first-order chi connectivity index (χ1) is 14.3. The number of likely N-dealkylation sites (N-methyl/N-ethyl adjacent to an activating group) is 1. The molecular formula is C20H18ClN3O5S. The zero-order chi connectivity index (χ0) is 21.8. The van der Waals surface area contributed by atoms with E-state index < -0.39 is 29.7 Å². The molecule has 0 fully saturated rings. The number of benzene rings is 1. The van der Waals surface area contributed by atoms with E-state index in [0.717, 1.165) is 15.3 Å². The van der Waals surface area contributed by atoms with E-state index >= 15 is 0 Å². The summed E-state index contributed by atoms with van der Waals surface area (Å²) in [6.07, 6.45) is 2.28. The minimum Gasteiger partial charge on any atom is -0.481 e. The van der Waals surface area contributed by atoms with Gasteiger partial charge < -0.3 is 15.3 Å². The number of halogens is 1. The molecule has 0 aliphatic carbocycles. The Hall–Kier alpha value is -3.17. The van der Waals surface area contributed by atoms with Gasteiger partial charge in [0.2, 0.25) is 0 Å². The zero-order valence-corrected chi connectivity index (χ0v) is 17.4. The van der Waals surface area contributed by atoms with Crippen LogP contribution >= 0.6 is 22.9 Å². The van der Waals surface area contributed by atoms with Gasteiger partial charge in [0, 0.05) is 35.8 Å². The molecule has 156 valence electrons. The fourth-order valence-corrected chi connectivity index (χ4v) is 4.08. The van der Waals surface area contributed by atoms with Gasteiger partial charge in [-0.3, -0.25) is 19.3 Å². The number of rotatable bonds is 6. The van der Waals surface area contributed by atoms with E-state index in [1.807, 2.05) is 6.07 Å². The lowest BCUT2D eigenvalue weighted by atomic mass is 10.1. The van der Waals surface area contributed by atoms with Crippen molar-refractivity contribution in [1.82, 2.24) is 10.2 Å². The van der Waals surface area contributed by atoms with Crippen molar-refractivity contribution in [2.45, 2.75) is 12.5 Å². The van der Waals surface area contributed by atoms with Gasteiger partial charge in [-0.25, -0.2) is 4.79 Å². The minimum atomic E-state index is -1.38. The van der Waals surface area contributed by atoms with Crippen molar-refractivity contribution in [1.29, 1.82) is 0 Å². The smallest absolute Gasteiger partial charge is 0.323 e. The van der Waals surface area contributed by atoms with Crippen LogP contribution in [-0.2, 0) is 14.4 Å². The van der Waals surface area contributed by atoms with E-state index in [-0.39, 0.29) is 13.0 Å². The lowest BCUT2D eigenvalue weighted by Crippen LogP contribution is -2.57. The number of hydrogen-bond donors (Lipinski definition) is 2. The van der Waals surface area contributed by atoms with Crippen LogP contribution in [0.15, 0.2) is 48.7 Å². The van der Waals surface area contributed by atoms with Crippen molar-refractivity contribution in [3.8, 4) is 10.4 Å². The summed E-state index contributed by atoms with van der Waals surface area (Å²) in [7, 11) is 1.49. The van der Waals surface area contributed by atoms with Gasteiger partial charge in [-0.1, -0.05) is 23.7 Å². The molecule has 2 aromatic rings. The van der Waals surface area contributed by atoms with E-state index in [9.17, 15) is 19.2 Å².